The SMILES string of the molecule is COc1ccc(C(CC(=O)c2ccccc2)NCc2ccccc2)cc1. The van der Waals surface area contributed by atoms with Crippen LogP contribution in [0.15, 0.2) is 84.9 Å². The summed E-state index contributed by atoms with van der Waals surface area (Å²) >= 11 is 0. The van der Waals surface area contributed by atoms with Crippen molar-refractivity contribution in [1.82, 2.24) is 5.32 Å². The molecule has 1 unspecified atom stereocenters. The number of hydrogen-bond acceptors (Lipinski definition) is 3. The van der Waals surface area contributed by atoms with E-state index < -0.39 is 0 Å². The smallest absolute Gasteiger partial charge is 0.164 e. The Bertz CT molecular complexity index is 814. The van der Waals surface area contributed by atoms with Crippen LogP contribution >= 0.6 is 0 Å². The van der Waals surface area contributed by atoms with Gasteiger partial charge in [-0.25, -0.2) is 0 Å². The van der Waals surface area contributed by atoms with Gasteiger partial charge in [-0.1, -0.05) is 72.8 Å². The van der Waals surface area contributed by atoms with Gasteiger partial charge in [0.05, 0.1) is 7.11 Å². The largest absolute Gasteiger partial charge is 0.497 e. The fourth-order valence-electron chi connectivity index (χ4n) is 2.91. The lowest BCUT2D eigenvalue weighted by Crippen LogP contribution is -2.23. The maximum Gasteiger partial charge on any atom is 0.164 e. The Morgan fingerprint density at radius 3 is 2.12 bits per heavy atom. The summed E-state index contributed by atoms with van der Waals surface area (Å²) in [5.74, 6) is 0.942. The van der Waals surface area contributed by atoms with E-state index in [1.165, 1.54) is 5.56 Å². The number of carbonyl (C=O) groups is 1. The molecule has 26 heavy (non-hydrogen) atoms. The molecular weight excluding hydrogens is 322 g/mol. The fourth-order valence-corrected chi connectivity index (χ4v) is 2.91. The molecule has 0 spiro atoms. The highest BCUT2D eigenvalue weighted by molar-refractivity contribution is 5.96. The topological polar surface area (TPSA) is 38.3 Å². The first-order valence-electron chi connectivity index (χ1n) is 8.76. The predicted octanol–water partition coefficient (Wildman–Crippen LogP) is 4.80. The molecule has 0 amide bonds. The Morgan fingerprint density at radius 2 is 1.50 bits per heavy atom. The van der Waals surface area contributed by atoms with Gasteiger partial charge in [-0.15, -0.1) is 0 Å². The third-order valence-electron chi connectivity index (χ3n) is 4.40. The van der Waals surface area contributed by atoms with E-state index in [-0.39, 0.29) is 11.8 Å². The lowest BCUT2D eigenvalue weighted by Gasteiger charge is -2.19. The van der Waals surface area contributed by atoms with Crippen LogP contribution in [0.4, 0.5) is 0 Å². The normalized spacial score (nSPS) is 11.7. The second kappa shape index (κ2) is 8.97. The third-order valence-corrected chi connectivity index (χ3v) is 4.40. The van der Waals surface area contributed by atoms with E-state index in [1.807, 2.05) is 72.8 Å². The number of Topliss-reactive ketones (excluding diaryl/α,β-unsaturated/α-hetero) is 1. The molecule has 0 aliphatic carbocycles. The van der Waals surface area contributed by atoms with Gasteiger partial charge in [-0.2, -0.15) is 0 Å². The summed E-state index contributed by atoms with van der Waals surface area (Å²) in [6.45, 7) is 0.708. The molecule has 3 aromatic rings. The number of hydrogen-bond donors (Lipinski definition) is 1. The zero-order chi connectivity index (χ0) is 18.2. The Morgan fingerprint density at radius 1 is 0.885 bits per heavy atom. The zero-order valence-corrected chi connectivity index (χ0v) is 14.9. The molecule has 0 aliphatic heterocycles. The Labute approximate surface area is 154 Å². The summed E-state index contributed by atoms with van der Waals surface area (Å²) in [7, 11) is 1.65. The molecule has 1 N–H and O–H groups in total. The van der Waals surface area contributed by atoms with Crippen molar-refractivity contribution in [3.63, 3.8) is 0 Å². The lowest BCUT2D eigenvalue weighted by atomic mass is 9.97. The second-order valence-electron chi connectivity index (χ2n) is 6.19. The van der Waals surface area contributed by atoms with Gasteiger partial charge in [0.15, 0.2) is 5.78 Å². The maximum absolute atomic E-state index is 12.7. The van der Waals surface area contributed by atoms with Crippen LogP contribution in [0, 0.1) is 0 Å². The fraction of sp³-hybridized carbons (Fsp3) is 0.174. The minimum atomic E-state index is -0.0613. The van der Waals surface area contributed by atoms with Crippen LogP contribution in [0.25, 0.3) is 0 Å². The minimum absolute atomic E-state index is 0.0613. The van der Waals surface area contributed by atoms with Crippen molar-refractivity contribution in [3.8, 4) is 5.75 Å². The molecule has 3 aromatic carbocycles. The first kappa shape index (κ1) is 17.9. The summed E-state index contributed by atoms with van der Waals surface area (Å²) in [6.07, 6.45) is 0.406. The standard InChI is InChI=1S/C23H23NO2/c1-26-21-14-12-19(13-15-21)22(24-17-18-8-4-2-5-9-18)16-23(25)20-10-6-3-7-11-20/h2-15,22,24H,16-17H2,1H3. The highest BCUT2D eigenvalue weighted by atomic mass is 16.5. The van der Waals surface area contributed by atoms with E-state index >= 15 is 0 Å². The summed E-state index contributed by atoms with van der Waals surface area (Å²) in [6, 6.07) is 27.5. The van der Waals surface area contributed by atoms with Crippen molar-refractivity contribution < 1.29 is 9.53 Å². The highest BCUT2D eigenvalue weighted by Gasteiger charge is 2.17. The molecule has 132 valence electrons. The van der Waals surface area contributed by atoms with Crippen molar-refractivity contribution in [2.75, 3.05) is 7.11 Å². The van der Waals surface area contributed by atoms with Gasteiger partial charge in [-0.3, -0.25) is 4.79 Å². The number of benzene rings is 3. The van der Waals surface area contributed by atoms with E-state index in [0.29, 0.717) is 13.0 Å². The van der Waals surface area contributed by atoms with Gasteiger partial charge in [0, 0.05) is 24.6 Å². The Hall–Kier alpha value is -2.91. The Balaban J connectivity index is 1.76. The molecule has 0 saturated carbocycles. The van der Waals surface area contributed by atoms with Gasteiger partial charge in [0.1, 0.15) is 5.75 Å². The molecule has 0 radical (unpaired) electrons. The number of rotatable bonds is 8. The average molecular weight is 345 g/mol. The van der Waals surface area contributed by atoms with Gasteiger partial charge < -0.3 is 10.1 Å². The molecule has 0 bridgehead atoms. The summed E-state index contributed by atoms with van der Waals surface area (Å²) in [5, 5.41) is 3.53. The lowest BCUT2D eigenvalue weighted by molar-refractivity contribution is 0.0968. The summed E-state index contributed by atoms with van der Waals surface area (Å²) in [4.78, 5) is 12.7. The average Bonchev–Trinajstić information content (AvgIpc) is 2.72. The molecule has 3 rings (SSSR count). The minimum Gasteiger partial charge on any atom is -0.497 e. The van der Waals surface area contributed by atoms with Crippen LogP contribution in [0.2, 0.25) is 0 Å². The van der Waals surface area contributed by atoms with Gasteiger partial charge in [0.2, 0.25) is 0 Å². The molecule has 0 fully saturated rings. The molecule has 0 aromatic heterocycles. The summed E-state index contributed by atoms with van der Waals surface area (Å²) in [5.41, 5.74) is 3.01. The van der Waals surface area contributed by atoms with Crippen molar-refractivity contribution in [2.45, 2.75) is 19.0 Å². The molecule has 0 aliphatic rings. The Kier molecular flexibility index (Phi) is 6.18. The molecule has 3 heteroatoms. The first-order chi connectivity index (χ1) is 12.8. The second-order valence-corrected chi connectivity index (χ2v) is 6.19. The number of ether oxygens (including phenoxy) is 1. The summed E-state index contributed by atoms with van der Waals surface area (Å²) < 4.78 is 5.24. The van der Waals surface area contributed by atoms with Crippen molar-refractivity contribution >= 4 is 5.78 Å². The van der Waals surface area contributed by atoms with Gasteiger partial charge in [0.25, 0.3) is 0 Å². The van der Waals surface area contributed by atoms with Crippen LogP contribution in [0.5, 0.6) is 5.75 Å². The van der Waals surface area contributed by atoms with E-state index in [0.717, 1.165) is 16.9 Å². The first-order valence-corrected chi connectivity index (χ1v) is 8.76. The molecular formula is C23H23NO2. The number of methoxy groups -OCH3 is 1. The van der Waals surface area contributed by atoms with Crippen molar-refractivity contribution in [1.29, 1.82) is 0 Å². The van der Waals surface area contributed by atoms with E-state index in [2.05, 4.69) is 17.4 Å². The molecule has 3 nitrogen and oxygen atoms in total. The van der Waals surface area contributed by atoms with Crippen molar-refractivity contribution in [3.05, 3.63) is 102 Å². The van der Waals surface area contributed by atoms with E-state index in [1.54, 1.807) is 7.11 Å². The molecule has 1 atom stereocenters. The van der Waals surface area contributed by atoms with Crippen LogP contribution in [-0.4, -0.2) is 12.9 Å². The van der Waals surface area contributed by atoms with Gasteiger partial charge in [-0.05, 0) is 23.3 Å². The van der Waals surface area contributed by atoms with E-state index in [9.17, 15) is 4.79 Å². The number of carbonyl (C=O) groups excluding carboxylic acids is 1. The van der Waals surface area contributed by atoms with Crippen LogP contribution in [0.1, 0.15) is 33.9 Å². The van der Waals surface area contributed by atoms with Gasteiger partial charge >= 0.3 is 0 Å². The van der Waals surface area contributed by atoms with Crippen molar-refractivity contribution in [2.24, 2.45) is 0 Å². The van der Waals surface area contributed by atoms with E-state index in [4.69, 9.17) is 4.74 Å². The highest BCUT2D eigenvalue weighted by Crippen LogP contribution is 2.23. The third kappa shape index (κ3) is 4.80. The molecule has 0 saturated heterocycles. The number of nitrogens with one attached hydrogen (secondary N) is 1. The van der Waals surface area contributed by atoms with Crippen LogP contribution in [0.3, 0.4) is 0 Å². The zero-order valence-electron chi connectivity index (χ0n) is 14.9. The quantitative estimate of drug-likeness (QED) is 0.596. The monoisotopic (exact) mass is 345 g/mol. The van der Waals surface area contributed by atoms with Crippen LogP contribution in [-0.2, 0) is 6.54 Å². The predicted molar refractivity (Wildman–Crippen MR) is 104 cm³/mol. The molecule has 0 heterocycles. The maximum atomic E-state index is 12.7. The number of ketones is 1. The van der Waals surface area contributed by atoms with Crippen LogP contribution < -0.4 is 10.1 Å².